The summed E-state index contributed by atoms with van der Waals surface area (Å²) in [5.41, 5.74) is 3.61. The molecule has 4 heteroatoms. The number of hydrogen-bond acceptors (Lipinski definition) is 2. The Bertz CT molecular complexity index is 871. The van der Waals surface area contributed by atoms with Crippen molar-refractivity contribution in [3.63, 3.8) is 0 Å². The van der Waals surface area contributed by atoms with Gasteiger partial charge in [-0.2, -0.15) is 0 Å². The quantitative estimate of drug-likeness (QED) is 0.732. The zero-order valence-electron chi connectivity index (χ0n) is 14.4. The summed E-state index contributed by atoms with van der Waals surface area (Å²) in [4.78, 5) is 15.7. The van der Waals surface area contributed by atoms with Crippen LogP contribution in [-0.4, -0.2) is 18.0 Å². The van der Waals surface area contributed by atoms with Crippen molar-refractivity contribution in [3.8, 4) is 5.75 Å². The SMILES string of the molecule is COc1ccc2c(C(=O)Nc3ccc(C(C)(C)C)cc3)c[nH]c2c1. The largest absolute Gasteiger partial charge is 0.497 e. The van der Waals surface area contributed by atoms with Crippen molar-refractivity contribution in [2.24, 2.45) is 0 Å². The van der Waals surface area contributed by atoms with Gasteiger partial charge >= 0.3 is 0 Å². The van der Waals surface area contributed by atoms with E-state index in [0.29, 0.717) is 5.56 Å². The minimum absolute atomic E-state index is 0.0957. The predicted octanol–water partition coefficient (Wildman–Crippen LogP) is 4.73. The Morgan fingerprint density at radius 3 is 2.42 bits per heavy atom. The van der Waals surface area contributed by atoms with E-state index in [0.717, 1.165) is 22.3 Å². The Morgan fingerprint density at radius 2 is 1.79 bits per heavy atom. The van der Waals surface area contributed by atoms with E-state index >= 15 is 0 Å². The van der Waals surface area contributed by atoms with Crippen molar-refractivity contribution in [2.45, 2.75) is 26.2 Å². The average Bonchev–Trinajstić information content (AvgIpc) is 2.97. The molecule has 0 aliphatic carbocycles. The highest BCUT2D eigenvalue weighted by Crippen LogP contribution is 2.26. The molecule has 0 bridgehead atoms. The molecule has 124 valence electrons. The number of hydrogen-bond donors (Lipinski definition) is 2. The molecule has 0 unspecified atom stereocenters. The lowest BCUT2D eigenvalue weighted by Crippen LogP contribution is -2.13. The first-order valence-corrected chi connectivity index (χ1v) is 7.95. The van der Waals surface area contributed by atoms with Gasteiger partial charge in [-0.15, -0.1) is 0 Å². The molecule has 2 N–H and O–H groups in total. The van der Waals surface area contributed by atoms with Crippen LogP contribution in [0.5, 0.6) is 5.75 Å². The molecule has 1 amide bonds. The molecule has 1 aromatic heterocycles. The molecule has 0 spiro atoms. The minimum atomic E-state index is -0.130. The fourth-order valence-corrected chi connectivity index (χ4v) is 2.67. The summed E-state index contributed by atoms with van der Waals surface area (Å²) in [6.45, 7) is 6.50. The maximum absolute atomic E-state index is 12.6. The second-order valence-corrected chi connectivity index (χ2v) is 6.90. The normalized spacial score (nSPS) is 11.5. The molecule has 0 aliphatic heterocycles. The smallest absolute Gasteiger partial charge is 0.257 e. The summed E-state index contributed by atoms with van der Waals surface area (Å²) in [7, 11) is 1.62. The third kappa shape index (κ3) is 3.13. The predicted molar refractivity (Wildman–Crippen MR) is 97.9 cm³/mol. The first-order chi connectivity index (χ1) is 11.4. The summed E-state index contributed by atoms with van der Waals surface area (Å²) in [6, 6.07) is 13.6. The van der Waals surface area contributed by atoms with E-state index in [9.17, 15) is 4.79 Å². The molecule has 0 saturated carbocycles. The Hall–Kier alpha value is -2.75. The molecule has 1 heterocycles. The number of rotatable bonds is 3. The number of ether oxygens (including phenoxy) is 1. The van der Waals surface area contributed by atoms with Crippen molar-refractivity contribution < 1.29 is 9.53 Å². The fourth-order valence-electron chi connectivity index (χ4n) is 2.67. The van der Waals surface area contributed by atoms with Gasteiger partial charge in [-0.05, 0) is 35.2 Å². The molecule has 24 heavy (non-hydrogen) atoms. The Balaban J connectivity index is 1.82. The first-order valence-electron chi connectivity index (χ1n) is 7.95. The molecule has 0 saturated heterocycles. The lowest BCUT2D eigenvalue weighted by molar-refractivity contribution is 0.102. The summed E-state index contributed by atoms with van der Waals surface area (Å²) >= 11 is 0. The van der Waals surface area contributed by atoms with Crippen molar-refractivity contribution in [1.82, 2.24) is 4.98 Å². The molecule has 0 radical (unpaired) electrons. The second kappa shape index (κ2) is 6.04. The molecule has 0 fully saturated rings. The molecule has 2 aromatic carbocycles. The number of aromatic nitrogens is 1. The lowest BCUT2D eigenvalue weighted by atomic mass is 9.87. The fraction of sp³-hybridized carbons (Fsp3) is 0.250. The maximum Gasteiger partial charge on any atom is 0.257 e. The van der Waals surface area contributed by atoms with Gasteiger partial charge in [0.25, 0.3) is 5.91 Å². The number of carbonyl (C=O) groups excluding carboxylic acids is 1. The van der Waals surface area contributed by atoms with E-state index in [1.165, 1.54) is 5.56 Å². The third-order valence-electron chi connectivity index (χ3n) is 4.14. The van der Waals surface area contributed by atoms with Crippen LogP contribution < -0.4 is 10.1 Å². The highest BCUT2D eigenvalue weighted by molar-refractivity contribution is 6.12. The summed E-state index contributed by atoms with van der Waals surface area (Å²) in [5, 5.41) is 3.83. The van der Waals surface area contributed by atoms with E-state index in [1.807, 2.05) is 30.3 Å². The first kappa shape index (κ1) is 16.1. The van der Waals surface area contributed by atoms with E-state index < -0.39 is 0 Å². The van der Waals surface area contributed by atoms with Gasteiger partial charge in [0.15, 0.2) is 0 Å². The monoisotopic (exact) mass is 322 g/mol. The number of fused-ring (bicyclic) bond motifs is 1. The highest BCUT2D eigenvalue weighted by atomic mass is 16.5. The van der Waals surface area contributed by atoms with Crippen molar-refractivity contribution in [2.75, 3.05) is 12.4 Å². The van der Waals surface area contributed by atoms with Crippen molar-refractivity contribution in [1.29, 1.82) is 0 Å². The third-order valence-corrected chi connectivity index (χ3v) is 4.14. The van der Waals surface area contributed by atoms with Gasteiger partial charge in [0.1, 0.15) is 5.75 Å². The van der Waals surface area contributed by atoms with Crippen LogP contribution in [0.3, 0.4) is 0 Å². The number of amides is 1. The van der Waals surface area contributed by atoms with Crippen LogP contribution in [0.1, 0.15) is 36.7 Å². The summed E-state index contributed by atoms with van der Waals surface area (Å²) in [5.74, 6) is 0.629. The van der Waals surface area contributed by atoms with Gasteiger partial charge < -0.3 is 15.0 Å². The van der Waals surface area contributed by atoms with Crippen molar-refractivity contribution >= 4 is 22.5 Å². The summed E-state index contributed by atoms with van der Waals surface area (Å²) in [6.07, 6.45) is 1.73. The standard InChI is InChI=1S/C20H22N2O2/c1-20(2,3)13-5-7-14(8-6-13)22-19(23)17-12-21-18-11-15(24-4)9-10-16(17)18/h5-12,21H,1-4H3,(H,22,23). The zero-order chi connectivity index (χ0) is 17.3. The van der Waals surface area contributed by atoms with Crippen LogP contribution in [0, 0.1) is 0 Å². The number of methoxy groups -OCH3 is 1. The molecule has 4 nitrogen and oxygen atoms in total. The Morgan fingerprint density at radius 1 is 1.08 bits per heavy atom. The van der Waals surface area contributed by atoms with Crippen LogP contribution in [0.2, 0.25) is 0 Å². The maximum atomic E-state index is 12.6. The number of benzene rings is 2. The van der Waals surface area contributed by atoms with Gasteiger partial charge in [-0.3, -0.25) is 4.79 Å². The van der Waals surface area contributed by atoms with E-state index in [-0.39, 0.29) is 11.3 Å². The second-order valence-electron chi connectivity index (χ2n) is 6.90. The number of H-pyrrole nitrogens is 1. The topological polar surface area (TPSA) is 54.1 Å². The van der Waals surface area contributed by atoms with Gasteiger partial charge in [0, 0.05) is 28.9 Å². The van der Waals surface area contributed by atoms with E-state index in [4.69, 9.17) is 4.74 Å². The molecule has 3 aromatic rings. The van der Waals surface area contributed by atoms with Crippen LogP contribution in [0.25, 0.3) is 10.9 Å². The van der Waals surface area contributed by atoms with Crippen LogP contribution in [-0.2, 0) is 5.41 Å². The summed E-state index contributed by atoms with van der Waals surface area (Å²) < 4.78 is 5.21. The van der Waals surface area contributed by atoms with E-state index in [2.05, 4.69) is 43.2 Å². The number of nitrogens with one attached hydrogen (secondary N) is 2. The molecule has 3 rings (SSSR count). The van der Waals surface area contributed by atoms with Crippen LogP contribution >= 0.6 is 0 Å². The molecule has 0 atom stereocenters. The van der Waals surface area contributed by atoms with Gasteiger partial charge in [0.2, 0.25) is 0 Å². The zero-order valence-corrected chi connectivity index (χ0v) is 14.4. The number of carbonyl (C=O) groups is 1. The van der Waals surface area contributed by atoms with E-state index in [1.54, 1.807) is 13.3 Å². The van der Waals surface area contributed by atoms with Gasteiger partial charge in [0.05, 0.1) is 12.7 Å². The highest BCUT2D eigenvalue weighted by Gasteiger charge is 2.15. The van der Waals surface area contributed by atoms with Crippen LogP contribution in [0.15, 0.2) is 48.7 Å². The number of aromatic amines is 1. The average molecular weight is 322 g/mol. The number of anilines is 1. The molecular formula is C20H22N2O2. The molecule has 0 aliphatic rings. The Labute approximate surface area is 141 Å². The van der Waals surface area contributed by atoms with Crippen molar-refractivity contribution in [3.05, 3.63) is 59.8 Å². The Kier molecular flexibility index (Phi) is 4.06. The van der Waals surface area contributed by atoms with Crippen LogP contribution in [0.4, 0.5) is 5.69 Å². The van der Waals surface area contributed by atoms with Gasteiger partial charge in [-0.1, -0.05) is 32.9 Å². The lowest BCUT2D eigenvalue weighted by Gasteiger charge is -2.19. The molecular weight excluding hydrogens is 300 g/mol. The van der Waals surface area contributed by atoms with Gasteiger partial charge in [-0.25, -0.2) is 0 Å². The minimum Gasteiger partial charge on any atom is -0.497 e.